The Morgan fingerprint density at radius 3 is 2.62 bits per heavy atom. The zero-order valence-corrected chi connectivity index (χ0v) is 8.81. The highest BCUT2D eigenvalue weighted by Gasteiger charge is 2.21. The van der Waals surface area contributed by atoms with Gasteiger partial charge in [0, 0.05) is 12.3 Å². The quantitative estimate of drug-likeness (QED) is 0.629. The molecule has 1 atom stereocenters. The minimum atomic E-state index is 0.395. The molecule has 1 unspecified atom stereocenters. The van der Waals surface area contributed by atoms with Crippen LogP contribution >= 0.6 is 0 Å². The summed E-state index contributed by atoms with van der Waals surface area (Å²) in [5, 5.41) is 0. The number of quaternary nitrogens is 1. The van der Waals surface area contributed by atoms with Gasteiger partial charge in [-0.1, -0.05) is 32.1 Å². The normalized spacial score (nSPS) is 20.5. The van der Waals surface area contributed by atoms with E-state index in [-0.39, 0.29) is 0 Å². The van der Waals surface area contributed by atoms with Gasteiger partial charge in [-0.25, -0.2) is 0 Å². The zero-order valence-electron chi connectivity index (χ0n) is 8.81. The zero-order chi connectivity index (χ0) is 9.52. The van der Waals surface area contributed by atoms with E-state index in [0.717, 1.165) is 12.3 Å². The highest BCUT2D eigenvalue weighted by Crippen LogP contribution is 2.24. The van der Waals surface area contributed by atoms with Crippen molar-refractivity contribution >= 4 is 0 Å². The molecular weight excluding hydrogens is 158 g/mol. The Morgan fingerprint density at radius 1 is 1.31 bits per heavy atom. The molecule has 1 nitrogen and oxygen atoms in total. The van der Waals surface area contributed by atoms with Crippen LogP contribution in [0.5, 0.6) is 0 Å². The maximum atomic E-state index is 4.16. The Balaban J connectivity index is 2.29. The van der Waals surface area contributed by atoms with Crippen molar-refractivity contribution in [2.75, 3.05) is 0 Å². The molecule has 3 N–H and O–H groups in total. The highest BCUT2D eigenvalue weighted by atomic mass is 14.6. The Hall–Kier alpha value is -0.480. The third-order valence-corrected chi connectivity index (χ3v) is 2.88. The molecule has 0 amide bonds. The average molecular weight is 180 g/mol. The van der Waals surface area contributed by atoms with Gasteiger partial charge in [-0.2, -0.15) is 0 Å². The van der Waals surface area contributed by atoms with E-state index in [1.165, 1.54) is 38.5 Å². The molecule has 1 fully saturated rings. The summed E-state index contributed by atoms with van der Waals surface area (Å²) >= 11 is 0. The van der Waals surface area contributed by atoms with E-state index in [1.807, 2.05) is 0 Å². The summed E-state index contributed by atoms with van der Waals surface area (Å²) in [6, 6.07) is 0.395. The van der Waals surface area contributed by atoms with Gasteiger partial charge >= 0.3 is 0 Å². The molecule has 0 aliphatic heterocycles. The van der Waals surface area contributed by atoms with E-state index in [0.29, 0.717) is 6.04 Å². The van der Waals surface area contributed by atoms with Crippen molar-refractivity contribution in [3.8, 4) is 11.8 Å². The molecule has 13 heavy (non-hydrogen) atoms. The Morgan fingerprint density at radius 2 is 2.00 bits per heavy atom. The van der Waals surface area contributed by atoms with Crippen LogP contribution in [0.15, 0.2) is 0 Å². The van der Waals surface area contributed by atoms with Crippen molar-refractivity contribution in [1.29, 1.82) is 0 Å². The monoisotopic (exact) mass is 180 g/mol. The van der Waals surface area contributed by atoms with E-state index >= 15 is 0 Å². The maximum absolute atomic E-state index is 4.16. The van der Waals surface area contributed by atoms with Crippen LogP contribution in [0.2, 0.25) is 0 Å². The molecule has 0 radical (unpaired) electrons. The van der Waals surface area contributed by atoms with Crippen molar-refractivity contribution in [3.05, 3.63) is 0 Å². The summed E-state index contributed by atoms with van der Waals surface area (Å²) in [5.41, 5.74) is 4.16. The Bertz CT molecular complexity index is 181. The van der Waals surface area contributed by atoms with E-state index in [1.54, 1.807) is 0 Å². The molecule has 0 aromatic heterocycles. The van der Waals surface area contributed by atoms with Gasteiger partial charge in [0.25, 0.3) is 0 Å². The number of hydrogen-bond acceptors (Lipinski definition) is 0. The molecule has 0 bridgehead atoms. The van der Waals surface area contributed by atoms with Gasteiger partial charge in [-0.3, -0.25) is 0 Å². The molecule has 0 aromatic rings. The molecular formula is C12H22N+. The Kier molecular flexibility index (Phi) is 4.93. The second-order valence-corrected chi connectivity index (χ2v) is 4.08. The lowest BCUT2D eigenvalue weighted by molar-refractivity contribution is -0.413. The fraction of sp³-hybridized carbons (Fsp3) is 0.833. The SMILES string of the molecule is CCCC#CC([NH3+])C1CCCCC1. The molecule has 0 saturated heterocycles. The predicted octanol–water partition coefficient (Wildman–Crippen LogP) is 1.98. The standard InChI is InChI=1S/C12H21N/c1-2-3-5-10-12(13)11-8-6-4-7-9-11/h11-12H,2-4,6-9,13H2,1H3/p+1. The lowest BCUT2D eigenvalue weighted by atomic mass is 9.84. The van der Waals surface area contributed by atoms with Crippen LogP contribution in [0.1, 0.15) is 51.9 Å². The van der Waals surface area contributed by atoms with Crippen molar-refractivity contribution in [1.82, 2.24) is 0 Å². The fourth-order valence-corrected chi connectivity index (χ4v) is 1.98. The molecule has 1 saturated carbocycles. The van der Waals surface area contributed by atoms with Gasteiger partial charge in [0.2, 0.25) is 0 Å². The van der Waals surface area contributed by atoms with Crippen LogP contribution in [0.25, 0.3) is 0 Å². The minimum Gasteiger partial charge on any atom is -0.345 e. The predicted molar refractivity (Wildman–Crippen MR) is 55.9 cm³/mol. The van der Waals surface area contributed by atoms with Gasteiger partial charge in [0.1, 0.15) is 6.04 Å². The van der Waals surface area contributed by atoms with Crippen LogP contribution < -0.4 is 5.73 Å². The molecule has 74 valence electrons. The largest absolute Gasteiger partial charge is 0.345 e. The van der Waals surface area contributed by atoms with Crippen molar-refractivity contribution < 1.29 is 5.73 Å². The van der Waals surface area contributed by atoms with Crippen LogP contribution in [-0.4, -0.2) is 6.04 Å². The third kappa shape index (κ3) is 3.83. The Labute approximate surface area is 82.1 Å². The molecule has 1 aliphatic carbocycles. The third-order valence-electron chi connectivity index (χ3n) is 2.88. The average Bonchev–Trinajstić information content (AvgIpc) is 2.19. The topological polar surface area (TPSA) is 27.6 Å². The van der Waals surface area contributed by atoms with Gasteiger partial charge < -0.3 is 5.73 Å². The number of rotatable bonds is 2. The van der Waals surface area contributed by atoms with Gasteiger partial charge in [-0.05, 0) is 25.2 Å². The summed E-state index contributed by atoms with van der Waals surface area (Å²) in [5.74, 6) is 7.30. The molecule has 1 heteroatoms. The summed E-state index contributed by atoms with van der Waals surface area (Å²) < 4.78 is 0. The first-order chi connectivity index (χ1) is 6.34. The van der Waals surface area contributed by atoms with E-state index in [9.17, 15) is 0 Å². The lowest BCUT2D eigenvalue weighted by Crippen LogP contribution is -2.63. The van der Waals surface area contributed by atoms with Crippen LogP contribution in [0, 0.1) is 17.8 Å². The summed E-state index contributed by atoms with van der Waals surface area (Å²) in [7, 11) is 0. The smallest absolute Gasteiger partial charge is 0.149 e. The van der Waals surface area contributed by atoms with Crippen molar-refractivity contribution in [3.63, 3.8) is 0 Å². The minimum absolute atomic E-state index is 0.395. The first-order valence-corrected chi connectivity index (χ1v) is 5.66. The fourth-order valence-electron chi connectivity index (χ4n) is 1.98. The van der Waals surface area contributed by atoms with Crippen LogP contribution in [0.4, 0.5) is 0 Å². The summed E-state index contributed by atoms with van der Waals surface area (Å²) in [6.07, 6.45) is 9.14. The van der Waals surface area contributed by atoms with E-state index < -0.39 is 0 Å². The first kappa shape index (κ1) is 10.6. The van der Waals surface area contributed by atoms with Gasteiger partial charge in [0.15, 0.2) is 0 Å². The van der Waals surface area contributed by atoms with Crippen molar-refractivity contribution in [2.45, 2.75) is 57.9 Å². The van der Waals surface area contributed by atoms with Crippen LogP contribution in [0.3, 0.4) is 0 Å². The number of hydrogen-bond donors (Lipinski definition) is 1. The van der Waals surface area contributed by atoms with Crippen LogP contribution in [-0.2, 0) is 0 Å². The molecule has 1 aliphatic rings. The molecule has 0 heterocycles. The van der Waals surface area contributed by atoms with Gasteiger partial charge in [-0.15, -0.1) is 0 Å². The molecule has 0 spiro atoms. The lowest BCUT2D eigenvalue weighted by Gasteiger charge is -2.21. The summed E-state index contributed by atoms with van der Waals surface area (Å²) in [4.78, 5) is 0. The van der Waals surface area contributed by atoms with Crippen molar-refractivity contribution in [2.24, 2.45) is 5.92 Å². The highest BCUT2D eigenvalue weighted by molar-refractivity contribution is 5.05. The summed E-state index contributed by atoms with van der Waals surface area (Å²) in [6.45, 7) is 2.17. The second-order valence-electron chi connectivity index (χ2n) is 4.08. The molecule has 0 aromatic carbocycles. The maximum Gasteiger partial charge on any atom is 0.149 e. The number of unbranched alkanes of at least 4 members (excludes halogenated alkanes) is 1. The van der Waals surface area contributed by atoms with E-state index in [2.05, 4.69) is 24.5 Å². The van der Waals surface area contributed by atoms with Gasteiger partial charge in [0.05, 0.1) is 0 Å². The van der Waals surface area contributed by atoms with E-state index in [4.69, 9.17) is 0 Å². The second kappa shape index (κ2) is 6.05. The first-order valence-electron chi connectivity index (χ1n) is 5.66. The molecule has 1 rings (SSSR count).